The first-order chi connectivity index (χ1) is 4.86. The first-order valence-corrected chi connectivity index (χ1v) is 3.13. The van der Waals surface area contributed by atoms with Gasteiger partial charge in [0.25, 0.3) is 5.91 Å². The lowest BCUT2D eigenvalue weighted by Gasteiger charge is -2.08. The highest BCUT2D eigenvalue weighted by Crippen LogP contribution is 1.96. The van der Waals surface area contributed by atoms with Gasteiger partial charge >= 0.3 is 5.79 Å². The Balaban J connectivity index is 4.38. The molecule has 1 amide bonds. The fraction of sp³-hybridized carbons (Fsp3) is 0.571. The third-order valence-electron chi connectivity index (χ3n) is 0.879. The Bertz CT molecular complexity index is 209. The van der Waals surface area contributed by atoms with Crippen molar-refractivity contribution in [3.8, 4) is 11.8 Å². The summed E-state index contributed by atoms with van der Waals surface area (Å²) in [5.41, 5.74) is 4.62. The quantitative estimate of drug-likeness (QED) is 0.330. The van der Waals surface area contributed by atoms with Crippen molar-refractivity contribution in [2.75, 3.05) is 0 Å². The maximum Gasteiger partial charge on any atom is 0.311 e. The standard InChI is InChI=1S/C7H11NO3/c1-5(2)3-4-7(10,11)6(8)9/h5,10-11H,1-2H3,(H2,8,9). The van der Waals surface area contributed by atoms with Gasteiger partial charge in [-0.1, -0.05) is 19.8 Å². The van der Waals surface area contributed by atoms with Crippen LogP contribution < -0.4 is 5.73 Å². The minimum absolute atomic E-state index is 0.0342. The van der Waals surface area contributed by atoms with Gasteiger partial charge in [-0.15, -0.1) is 0 Å². The van der Waals surface area contributed by atoms with Crippen molar-refractivity contribution in [1.29, 1.82) is 0 Å². The molecule has 0 aromatic heterocycles. The Morgan fingerprint density at radius 2 is 2.00 bits per heavy atom. The van der Waals surface area contributed by atoms with Crippen molar-refractivity contribution in [1.82, 2.24) is 0 Å². The zero-order valence-electron chi connectivity index (χ0n) is 6.46. The number of amides is 1. The first kappa shape index (κ1) is 9.95. The highest BCUT2D eigenvalue weighted by atomic mass is 16.5. The zero-order chi connectivity index (χ0) is 9.07. The number of rotatable bonds is 1. The summed E-state index contributed by atoms with van der Waals surface area (Å²) in [5, 5.41) is 17.5. The van der Waals surface area contributed by atoms with Crippen LogP contribution in [0, 0.1) is 17.8 Å². The largest absolute Gasteiger partial charge is 0.364 e. The number of hydrogen-bond donors (Lipinski definition) is 3. The molecule has 0 saturated carbocycles. The van der Waals surface area contributed by atoms with E-state index in [1.165, 1.54) is 0 Å². The lowest BCUT2D eigenvalue weighted by atomic mass is 10.2. The van der Waals surface area contributed by atoms with E-state index in [2.05, 4.69) is 11.7 Å². The third kappa shape index (κ3) is 3.61. The zero-order valence-corrected chi connectivity index (χ0v) is 6.46. The van der Waals surface area contributed by atoms with Gasteiger partial charge < -0.3 is 15.9 Å². The van der Waals surface area contributed by atoms with Gasteiger partial charge in [-0.3, -0.25) is 4.79 Å². The van der Waals surface area contributed by atoms with Crippen molar-refractivity contribution in [2.24, 2.45) is 11.7 Å². The van der Waals surface area contributed by atoms with Gasteiger partial charge in [-0.2, -0.15) is 0 Å². The summed E-state index contributed by atoms with van der Waals surface area (Å²) in [7, 11) is 0. The number of hydrogen-bond acceptors (Lipinski definition) is 3. The fourth-order valence-corrected chi connectivity index (χ4v) is 0.307. The summed E-state index contributed by atoms with van der Waals surface area (Å²) >= 11 is 0. The molecular weight excluding hydrogens is 146 g/mol. The maximum absolute atomic E-state index is 10.3. The first-order valence-electron chi connectivity index (χ1n) is 3.13. The topological polar surface area (TPSA) is 83.6 Å². The van der Waals surface area contributed by atoms with E-state index in [4.69, 9.17) is 10.2 Å². The van der Waals surface area contributed by atoms with E-state index >= 15 is 0 Å². The predicted molar refractivity (Wildman–Crippen MR) is 39.0 cm³/mol. The SMILES string of the molecule is CC(C)C#CC(O)(O)C(N)=O. The van der Waals surface area contributed by atoms with Crippen LogP contribution in [0.4, 0.5) is 0 Å². The lowest BCUT2D eigenvalue weighted by Crippen LogP contribution is -2.42. The Hall–Kier alpha value is -1.05. The van der Waals surface area contributed by atoms with Crippen molar-refractivity contribution in [2.45, 2.75) is 19.6 Å². The molecule has 4 nitrogen and oxygen atoms in total. The molecule has 11 heavy (non-hydrogen) atoms. The van der Waals surface area contributed by atoms with Crippen LogP contribution in [0.5, 0.6) is 0 Å². The molecule has 0 aromatic rings. The molecule has 0 unspecified atom stereocenters. The van der Waals surface area contributed by atoms with Crippen LogP contribution in [0.25, 0.3) is 0 Å². The van der Waals surface area contributed by atoms with Gasteiger partial charge in [0.05, 0.1) is 0 Å². The second kappa shape index (κ2) is 3.37. The molecule has 4 heteroatoms. The average Bonchev–Trinajstić information content (AvgIpc) is 1.84. The van der Waals surface area contributed by atoms with E-state index in [0.29, 0.717) is 0 Å². The monoisotopic (exact) mass is 157 g/mol. The molecule has 0 aliphatic carbocycles. The summed E-state index contributed by atoms with van der Waals surface area (Å²) in [6, 6.07) is 0. The molecule has 0 saturated heterocycles. The minimum atomic E-state index is -2.69. The molecule has 0 aromatic carbocycles. The molecule has 0 spiro atoms. The number of primary amides is 1. The van der Waals surface area contributed by atoms with Crippen LogP contribution in [0.2, 0.25) is 0 Å². The van der Waals surface area contributed by atoms with E-state index < -0.39 is 11.7 Å². The summed E-state index contributed by atoms with van der Waals surface area (Å²) in [6.45, 7) is 3.51. The van der Waals surface area contributed by atoms with Gasteiger partial charge in [0.2, 0.25) is 0 Å². The van der Waals surface area contributed by atoms with E-state index in [1.54, 1.807) is 13.8 Å². The number of carbonyl (C=O) groups is 1. The van der Waals surface area contributed by atoms with E-state index in [0.717, 1.165) is 0 Å². The smallest absolute Gasteiger partial charge is 0.311 e. The third-order valence-corrected chi connectivity index (χ3v) is 0.879. The molecule has 0 heterocycles. The summed E-state index contributed by atoms with van der Waals surface area (Å²) < 4.78 is 0. The molecule has 62 valence electrons. The Kier molecular flexibility index (Phi) is 3.05. The maximum atomic E-state index is 10.3. The molecule has 0 rings (SSSR count). The highest BCUT2D eigenvalue weighted by molar-refractivity contribution is 5.84. The summed E-state index contributed by atoms with van der Waals surface area (Å²) in [6.07, 6.45) is 0. The van der Waals surface area contributed by atoms with Gasteiger partial charge in [-0.25, -0.2) is 0 Å². The predicted octanol–water partition coefficient (Wildman–Crippen LogP) is -1.19. The van der Waals surface area contributed by atoms with Crippen LogP contribution in [0.1, 0.15) is 13.8 Å². The second-order valence-corrected chi connectivity index (χ2v) is 2.46. The van der Waals surface area contributed by atoms with Gasteiger partial charge in [-0.05, 0) is 5.92 Å². The number of carbonyl (C=O) groups excluding carboxylic acids is 1. The number of aliphatic hydroxyl groups is 2. The Morgan fingerprint density at radius 1 is 1.55 bits per heavy atom. The van der Waals surface area contributed by atoms with Gasteiger partial charge in [0, 0.05) is 5.92 Å². The van der Waals surface area contributed by atoms with E-state index in [9.17, 15) is 4.79 Å². The van der Waals surface area contributed by atoms with Crippen molar-refractivity contribution in [3.63, 3.8) is 0 Å². The molecule has 0 aliphatic heterocycles. The van der Waals surface area contributed by atoms with Crippen molar-refractivity contribution < 1.29 is 15.0 Å². The van der Waals surface area contributed by atoms with Crippen molar-refractivity contribution >= 4 is 5.91 Å². The summed E-state index contributed by atoms with van der Waals surface area (Å²) in [5.74, 6) is 0.378. The molecule has 0 atom stereocenters. The van der Waals surface area contributed by atoms with Crippen molar-refractivity contribution in [3.05, 3.63) is 0 Å². The highest BCUT2D eigenvalue weighted by Gasteiger charge is 2.27. The molecular formula is C7H11NO3. The van der Waals surface area contributed by atoms with Crippen LogP contribution in [-0.2, 0) is 4.79 Å². The molecule has 0 bridgehead atoms. The molecule has 0 fully saturated rings. The van der Waals surface area contributed by atoms with Crippen LogP contribution >= 0.6 is 0 Å². The normalized spacial score (nSPS) is 10.6. The molecule has 0 aliphatic rings. The van der Waals surface area contributed by atoms with Crippen LogP contribution in [0.15, 0.2) is 0 Å². The fourth-order valence-electron chi connectivity index (χ4n) is 0.307. The number of nitrogens with two attached hydrogens (primary N) is 1. The molecule has 0 radical (unpaired) electrons. The van der Waals surface area contributed by atoms with Crippen LogP contribution in [0.3, 0.4) is 0 Å². The second-order valence-electron chi connectivity index (χ2n) is 2.46. The van der Waals surface area contributed by atoms with Gasteiger partial charge in [0.15, 0.2) is 0 Å². The summed E-state index contributed by atoms with van der Waals surface area (Å²) in [4.78, 5) is 10.3. The lowest BCUT2D eigenvalue weighted by molar-refractivity contribution is -0.161. The minimum Gasteiger partial charge on any atom is -0.364 e. The molecule has 4 N–H and O–H groups in total. The van der Waals surface area contributed by atoms with Crippen LogP contribution in [-0.4, -0.2) is 21.9 Å². The Morgan fingerprint density at radius 3 is 2.27 bits per heavy atom. The average molecular weight is 157 g/mol. The van der Waals surface area contributed by atoms with E-state index in [-0.39, 0.29) is 5.92 Å². The van der Waals surface area contributed by atoms with Gasteiger partial charge in [0.1, 0.15) is 0 Å². The Labute approximate surface area is 65.0 Å². The van der Waals surface area contributed by atoms with E-state index in [1.807, 2.05) is 5.92 Å².